The Labute approximate surface area is 120 Å². The molecule has 0 saturated carbocycles. The van der Waals surface area contributed by atoms with E-state index in [1.807, 2.05) is 0 Å². The molecule has 0 heterocycles. The van der Waals surface area contributed by atoms with Crippen LogP contribution in [0.25, 0.3) is 0 Å². The minimum atomic E-state index is -1.03. The predicted octanol–water partition coefficient (Wildman–Crippen LogP) is 2.36. The van der Waals surface area contributed by atoms with Gasteiger partial charge < -0.3 is 15.7 Å². The first-order valence-corrected chi connectivity index (χ1v) is 6.09. The molecule has 6 heteroatoms. The Hall–Kier alpha value is -2.89. The minimum Gasteiger partial charge on any atom is -0.478 e. The van der Waals surface area contributed by atoms with Crippen LogP contribution in [0.5, 0.6) is 0 Å². The van der Waals surface area contributed by atoms with Gasteiger partial charge in [0.1, 0.15) is 12.4 Å². The number of hydrogen-bond acceptors (Lipinski definition) is 4. The zero-order chi connectivity index (χ0) is 15.2. The Morgan fingerprint density at radius 2 is 1.76 bits per heavy atom. The van der Waals surface area contributed by atoms with E-state index in [1.165, 1.54) is 30.3 Å². The van der Waals surface area contributed by atoms with E-state index >= 15 is 0 Å². The summed E-state index contributed by atoms with van der Waals surface area (Å²) in [5, 5.41) is 12.3. The summed E-state index contributed by atoms with van der Waals surface area (Å²) >= 11 is 0. The molecule has 0 amide bonds. The van der Waals surface area contributed by atoms with Crippen LogP contribution in [0, 0.1) is 5.82 Å². The van der Waals surface area contributed by atoms with Gasteiger partial charge in [0.15, 0.2) is 0 Å². The second-order valence-electron chi connectivity index (χ2n) is 4.20. The summed E-state index contributed by atoms with van der Waals surface area (Å²) in [5.41, 5.74) is 1.03. The lowest BCUT2D eigenvalue weighted by Crippen LogP contribution is -2.10. The van der Waals surface area contributed by atoms with Gasteiger partial charge in [0.2, 0.25) is 5.90 Å². The summed E-state index contributed by atoms with van der Waals surface area (Å²) in [4.78, 5) is 10.8. The van der Waals surface area contributed by atoms with Crippen molar-refractivity contribution < 1.29 is 19.0 Å². The SMILES string of the molecule is N/N=C(\OCc1ccccc1F)c1ccc(C(=O)O)cc1. The van der Waals surface area contributed by atoms with Gasteiger partial charge in [0.25, 0.3) is 0 Å². The van der Waals surface area contributed by atoms with E-state index in [0.29, 0.717) is 11.1 Å². The molecule has 2 aromatic carbocycles. The van der Waals surface area contributed by atoms with Gasteiger partial charge in [-0.25, -0.2) is 9.18 Å². The van der Waals surface area contributed by atoms with Crippen LogP contribution >= 0.6 is 0 Å². The number of hydrogen-bond donors (Lipinski definition) is 2. The van der Waals surface area contributed by atoms with E-state index in [1.54, 1.807) is 18.2 Å². The van der Waals surface area contributed by atoms with Crippen molar-refractivity contribution in [2.75, 3.05) is 0 Å². The molecule has 0 aliphatic heterocycles. The monoisotopic (exact) mass is 288 g/mol. The molecule has 0 aliphatic carbocycles. The van der Waals surface area contributed by atoms with Crippen molar-refractivity contribution in [1.29, 1.82) is 0 Å². The van der Waals surface area contributed by atoms with Crippen molar-refractivity contribution in [2.24, 2.45) is 10.9 Å². The largest absolute Gasteiger partial charge is 0.478 e. The molecule has 0 unspecified atom stereocenters. The number of rotatable bonds is 4. The zero-order valence-electron chi connectivity index (χ0n) is 11.0. The molecule has 0 saturated heterocycles. The van der Waals surface area contributed by atoms with E-state index in [-0.39, 0.29) is 23.9 Å². The lowest BCUT2D eigenvalue weighted by Gasteiger charge is -2.09. The molecule has 0 fully saturated rings. The molecule has 3 N–H and O–H groups in total. The molecular weight excluding hydrogens is 275 g/mol. The standard InChI is InChI=1S/C15H13FN2O3/c16-13-4-2-1-3-12(13)9-21-14(18-17)10-5-7-11(8-6-10)15(19)20/h1-8H,9,17H2,(H,19,20)/b18-14-. The Bertz CT molecular complexity index is 669. The molecule has 0 spiro atoms. The van der Waals surface area contributed by atoms with Crippen LogP contribution in [-0.2, 0) is 11.3 Å². The Balaban J connectivity index is 2.10. The van der Waals surface area contributed by atoms with Crippen LogP contribution in [0.4, 0.5) is 4.39 Å². The fraction of sp³-hybridized carbons (Fsp3) is 0.0667. The van der Waals surface area contributed by atoms with Gasteiger partial charge in [-0.3, -0.25) is 0 Å². The third kappa shape index (κ3) is 3.56. The quantitative estimate of drug-likeness (QED) is 0.391. The van der Waals surface area contributed by atoms with Gasteiger partial charge in [0, 0.05) is 11.1 Å². The lowest BCUT2D eigenvalue weighted by molar-refractivity contribution is 0.0697. The molecule has 0 aromatic heterocycles. The first-order valence-electron chi connectivity index (χ1n) is 6.09. The van der Waals surface area contributed by atoms with E-state index < -0.39 is 5.97 Å². The van der Waals surface area contributed by atoms with Gasteiger partial charge in [-0.1, -0.05) is 18.2 Å². The highest BCUT2D eigenvalue weighted by Crippen LogP contribution is 2.11. The number of carbonyl (C=O) groups is 1. The number of nitrogens with zero attached hydrogens (tertiary/aromatic N) is 1. The fourth-order valence-corrected chi connectivity index (χ4v) is 1.71. The molecule has 108 valence electrons. The maximum Gasteiger partial charge on any atom is 0.335 e. The minimum absolute atomic E-state index is 0.0244. The van der Waals surface area contributed by atoms with Crippen LogP contribution in [-0.4, -0.2) is 17.0 Å². The third-order valence-electron chi connectivity index (χ3n) is 2.82. The van der Waals surface area contributed by atoms with Crippen LogP contribution in [0.15, 0.2) is 53.6 Å². The van der Waals surface area contributed by atoms with Crippen molar-refractivity contribution in [3.63, 3.8) is 0 Å². The molecular formula is C15H13FN2O3. The summed E-state index contributed by atoms with van der Waals surface area (Å²) in [6.45, 7) is -0.0244. The van der Waals surface area contributed by atoms with Crippen LogP contribution in [0.1, 0.15) is 21.5 Å². The lowest BCUT2D eigenvalue weighted by atomic mass is 10.1. The highest BCUT2D eigenvalue weighted by molar-refractivity contribution is 5.95. The highest BCUT2D eigenvalue weighted by atomic mass is 19.1. The zero-order valence-corrected chi connectivity index (χ0v) is 11.0. The fourth-order valence-electron chi connectivity index (χ4n) is 1.71. The summed E-state index contributed by atoms with van der Waals surface area (Å²) in [6, 6.07) is 12.1. The van der Waals surface area contributed by atoms with Crippen molar-refractivity contribution in [3.05, 3.63) is 71.0 Å². The number of nitrogens with two attached hydrogens (primary N) is 1. The Kier molecular flexibility index (Phi) is 4.50. The molecule has 0 aliphatic rings. The smallest absolute Gasteiger partial charge is 0.335 e. The van der Waals surface area contributed by atoms with Crippen LogP contribution < -0.4 is 5.84 Å². The predicted molar refractivity (Wildman–Crippen MR) is 75.3 cm³/mol. The second kappa shape index (κ2) is 6.51. The summed E-state index contributed by atoms with van der Waals surface area (Å²) in [7, 11) is 0. The van der Waals surface area contributed by atoms with E-state index in [9.17, 15) is 9.18 Å². The van der Waals surface area contributed by atoms with Gasteiger partial charge in [-0.15, -0.1) is 5.10 Å². The molecule has 2 aromatic rings. The highest BCUT2D eigenvalue weighted by Gasteiger charge is 2.09. The van der Waals surface area contributed by atoms with Crippen molar-refractivity contribution in [1.82, 2.24) is 0 Å². The molecule has 0 radical (unpaired) electrons. The van der Waals surface area contributed by atoms with Crippen LogP contribution in [0.2, 0.25) is 0 Å². The first kappa shape index (κ1) is 14.5. The van der Waals surface area contributed by atoms with E-state index in [2.05, 4.69) is 5.10 Å². The molecule has 2 rings (SSSR count). The van der Waals surface area contributed by atoms with Crippen molar-refractivity contribution in [2.45, 2.75) is 6.61 Å². The number of aromatic carboxylic acids is 1. The Morgan fingerprint density at radius 3 is 2.33 bits per heavy atom. The number of halogens is 1. The molecule has 21 heavy (non-hydrogen) atoms. The molecule has 5 nitrogen and oxygen atoms in total. The Morgan fingerprint density at radius 1 is 1.14 bits per heavy atom. The average molecular weight is 288 g/mol. The summed E-state index contributed by atoms with van der Waals surface area (Å²) in [6.07, 6.45) is 0. The normalized spacial score (nSPS) is 11.2. The van der Waals surface area contributed by atoms with Crippen molar-refractivity contribution >= 4 is 11.9 Å². The van der Waals surface area contributed by atoms with Gasteiger partial charge in [-0.05, 0) is 30.3 Å². The van der Waals surface area contributed by atoms with Crippen molar-refractivity contribution in [3.8, 4) is 0 Å². The second-order valence-corrected chi connectivity index (χ2v) is 4.20. The van der Waals surface area contributed by atoms with E-state index in [0.717, 1.165) is 0 Å². The summed E-state index contributed by atoms with van der Waals surface area (Å²) < 4.78 is 18.9. The number of ether oxygens (including phenoxy) is 1. The topological polar surface area (TPSA) is 84.9 Å². The number of benzene rings is 2. The van der Waals surface area contributed by atoms with E-state index in [4.69, 9.17) is 15.7 Å². The average Bonchev–Trinajstić information content (AvgIpc) is 2.50. The van der Waals surface area contributed by atoms with Gasteiger partial charge >= 0.3 is 5.97 Å². The maximum absolute atomic E-state index is 13.5. The summed E-state index contributed by atoms with van der Waals surface area (Å²) in [5.74, 6) is 3.96. The third-order valence-corrected chi connectivity index (χ3v) is 2.82. The van der Waals surface area contributed by atoms with Gasteiger partial charge in [0.05, 0.1) is 5.56 Å². The molecule has 0 bridgehead atoms. The molecule has 0 atom stereocenters. The van der Waals surface area contributed by atoms with Crippen LogP contribution in [0.3, 0.4) is 0 Å². The van der Waals surface area contributed by atoms with Gasteiger partial charge in [-0.2, -0.15) is 0 Å². The number of hydrazone groups is 1. The number of carboxylic acid groups (broad SMARTS) is 1. The number of carboxylic acids is 1. The first-order chi connectivity index (χ1) is 10.1. The maximum atomic E-state index is 13.5.